The number of hydrogen-bond acceptors (Lipinski definition) is 5. The molecule has 0 bridgehead atoms. The fraction of sp³-hybridized carbons (Fsp3) is 0.143. The van der Waals surface area contributed by atoms with E-state index < -0.39 is 34.5 Å². The highest BCUT2D eigenvalue weighted by Gasteiger charge is 2.28. The standard InChI is InChI=1S/C21H17F4N3O4S/c22-16-3-7-18(8-4-16)33(30,31)28-17-5-1-15(2-6-17)20(29)27-12-14-9-10-26-19(11-14)32-13-21(23,24)25/h1-11,28H,12-13H2,(H,27,29). The SMILES string of the molecule is O=C(NCc1ccnc(OCC(F)(F)F)c1)c1ccc(NS(=O)(=O)c2ccc(F)cc2)cc1. The lowest BCUT2D eigenvalue weighted by molar-refractivity contribution is -0.154. The van der Waals surface area contributed by atoms with Gasteiger partial charge in [0.2, 0.25) is 5.88 Å². The first-order valence-electron chi connectivity index (χ1n) is 9.33. The van der Waals surface area contributed by atoms with Gasteiger partial charge in [-0.3, -0.25) is 9.52 Å². The van der Waals surface area contributed by atoms with E-state index in [1.807, 2.05) is 0 Å². The summed E-state index contributed by atoms with van der Waals surface area (Å²) in [6, 6.07) is 12.6. The lowest BCUT2D eigenvalue weighted by Gasteiger charge is -2.10. The quantitative estimate of drug-likeness (QED) is 0.474. The molecule has 1 heterocycles. The van der Waals surface area contributed by atoms with Crippen LogP contribution >= 0.6 is 0 Å². The number of amides is 1. The van der Waals surface area contributed by atoms with Gasteiger partial charge in [-0.25, -0.2) is 17.8 Å². The molecule has 2 N–H and O–H groups in total. The molecule has 174 valence electrons. The Morgan fingerprint density at radius 1 is 1.00 bits per heavy atom. The second-order valence-electron chi connectivity index (χ2n) is 6.73. The molecule has 12 heteroatoms. The summed E-state index contributed by atoms with van der Waals surface area (Å²) in [5, 5.41) is 2.59. The number of nitrogens with zero attached hydrogens (tertiary/aromatic N) is 1. The summed E-state index contributed by atoms with van der Waals surface area (Å²) in [7, 11) is -3.93. The van der Waals surface area contributed by atoms with Gasteiger partial charge < -0.3 is 10.1 Å². The zero-order chi connectivity index (χ0) is 24.1. The fourth-order valence-electron chi connectivity index (χ4n) is 2.60. The van der Waals surface area contributed by atoms with Gasteiger partial charge in [0.05, 0.1) is 4.90 Å². The van der Waals surface area contributed by atoms with Gasteiger partial charge in [0, 0.05) is 30.1 Å². The number of benzene rings is 2. The van der Waals surface area contributed by atoms with Crippen LogP contribution in [0.15, 0.2) is 71.8 Å². The molecule has 3 rings (SSSR count). The van der Waals surface area contributed by atoms with E-state index in [4.69, 9.17) is 0 Å². The molecule has 0 radical (unpaired) electrons. The number of anilines is 1. The molecule has 0 unspecified atom stereocenters. The molecule has 7 nitrogen and oxygen atoms in total. The lowest BCUT2D eigenvalue weighted by Crippen LogP contribution is -2.23. The molecule has 0 aliphatic carbocycles. The highest BCUT2D eigenvalue weighted by atomic mass is 32.2. The average Bonchev–Trinajstić information content (AvgIpc) is 2.76. The third-order valence-electron chi connectivity index (χ3n) is 4.16. The van der Waals surface area contributed by atoms with Crippen LogP contribution in [0.4, 0.5) is 23.2 Å². The molecule has 0 aliphatic rings. The van der Waals surface area contributed by atoms with Crippen LogP contribution < -0.4 is 14.8 Å². The number of ether oxygens (including phenoxy) is 1. The molecule has 0 fully saturated rings. The highest BCUT2D eigenvalue weighted by Crippen LogP contribution is 2.19. The van der Waals surface area contributed by atoms with E-state index in [-0.39, 0.29) is 28.6 Å². The van der Waals surface area contributed by atoms with Crippen molar-refractivity contribution < 1.29 is 35.5 Å². The van der Waals surface area contributed by atoms with Gasteiger partial charge >= 0.3 is 6.18 Å². The molecule has 3 aromatic rings. The first-order valence-corrected chi connectivity index (χ1v) is 10.8. The van der Waals surface area contributed by atoms with Crippen molar-refractivity contribution in [3.8, 4) is 5.88 Å². The van der Waals surface area contributed by atoms with Gasteiger partial charge in [0.1, 0.15) is 5.82 Å². The normalized spacial score (nSPS) is 11.6. The zero-order valence-electron chi connectivity index (χ0n) is 16.8. The number of alkyl halides is 3. The Kier molecular flexibility index (Phi) is 7.16. The van der Waals surface area contributed by atoms with Crippen LogP contribution in [0.1, 0.15) is 15.9 Å². The Hall–Kier alpha value is -3.67. The number of carbonyl (C=O) groups is 1. The third-order valence-corrected chi connectivity index (χ3v) is 5.56. The number of carbonyl (C=O) groups excluding carboxylic acids is 1. The minimum Gasteiger partial charge on any atom is -0.468 e. The van der Waals surface area contributed by atoms with Gasteiger partial charge in [-0.1, -0.05) is 0 Å². The van der Waals surface area contributed by atoms with Crippen LogP contribution in [-0.4, -0.2) is 32.1 Å². The highest BCUT2D eigenvalue weighted by molar-refractivity contribution is 7.92. The summed E-state index contributed by atoms with van der Waals surface area (Å²) in [6.45, 7) is -1.48. The monoisotopic (exact) mass is 483 g/mol. The number of rotatable bonds is 8. The van der Waals surface area contributed by atoms with Crippen molar-refractivity contribution in [2.24, 2.45) is 0 Å². The number of hydrogen-bond donors (Lipinski definition) is 2. The molecule has 0 aliphatic heterocycles. The van der Waals surface area contributed by atoms with E-state index in [1.54, 1.807) is 0 Å². The summed E-state index contributed by atoms with van der Waals surface area (Å²) < 4.78 is 81.3. The Morgan fingerprint density at radius 2 is 1.67 bits per heavy atom. The topological polar surface area (TPSA) is 97.4 Å². The van der Waals surface area contributed by atoms with Gasteiger partial charge in [0.25, 0.3) is 15.9 Å². The van der Waals surface area contributed by atoms with Crippen molar-refractivity contribution in [2.45, 2.75) is 17.6 Å². The minimum absolute atomic E-state index is 0.00266. The number of nitrogens with one attached hydrogen (secondary N) is 2. The second-order valence-corrected chi connectivity index (χ2v) is 8.41. The van der Waals surface area contributed by atoms with E-state index in [1.165, 1.54) is 42.6 Å². The largest absolute Gasteiger partial charge is 0.468 e. The van der Waals surface area contributed by atoms with Crippen molar-refractivity contribution in [2.75, 3.05) is 11.3 Å². The Labute approximate surface area is 186 Å². The van der Waals surface area contributed by atoms with Crippen molar-refractivity contribution in [3.63, 3.8) is 0 Å². The van der Waals surface area contributed by atoms with E-state index in [0.29, 0.717) is 5.56 Å². The molecule has 2 aromatic carbocycles. The second kappa shape index (κ2) is 9.86. The average molecular weight is 483 g/mol. The number of aromatic nitrogens is 1. The summed E-state index contributed by atoms with van der Waals surface area (Å²) in [4.78, 5) is 15.9. The molecule has 33 heavy (non-hydrogen) atoms. The molecule has 1 amide bonds. The molecular weight excluding hydrogens is 466 g/mol. The van der Waals surface area contributed by atoms with Gasteiger partial charge in [-0.2, -0.15) is 13.2 Å². The third kappa shape index (κ3) is 7.17. The Morgan fingerprint density at radius 3 is 2.30 bits per heavy atom. The first-order chi connectivity index (χ1) is 15.5. The van der Waals surface area contributed by atoms with Crippen LogP contribution in [0, 0.1) is 5.82 Å². The smallest absolute Gasteiger partial charge is 0.422 e. The maximum atomic E-state index is 13.0. The summed E-state index contributed by atoms with van der Waals surface area (Å²) in [6.07, 6.45) is -3.24. The number of pyridine rings is 1. The molecule has 1 aromatic heterocycles. The summed E-state index contributed by atoms with van der Waals surface area (Å²) >= 11 is 0. The predicted octanol–water partition coefficient (Wildman–Crippen LogP) is 3.89. The van der Waals surface area contributed by atoms with Crippen LogP contribution in [-0.2, 0) is 16.6 Å². The Bertz CT molecular complexity index is 1220. The molecule has 0 saturated carbocycles. The molecule has 0 atom stereocenters. The van der Waals surface area contributed by atoms with Crippen LogP contribution in [0.2, 0.25) is 0 Å². The van der Waals surface area contributed by atoms with Crippen molar-refractivity contribution in [1.82, 2.24) is 10.3 Å². The maximum absolute atomic E-state index is 13.0. The first kappa shape index (κ1) is 24.0. The zero-order valence-corrected chi connectivity index (χ0v) is 17.6. The van der Waals surface area contributed by atoms with Crippen molar-refractivity contribution in [3.05, 3.63) is 83.8 Å². The molecular formula is C21H17F4N3O4S. The maximum Gasteiger partial charge on any atom is 0.422 e. The van der Waals surface area contributed by atoms with Gasteiger partial charge in [0.15, 0.2) is 6.61 Å². The van der Waals surface area contributed by atoms with E-state index in [0.717, 1.165) is 24.3 Å². The van der Waals surface area contributed by atoms with Crippen LogP contribution in [0.5, 0.6) is 5.88 Å². The summed E-state index contributed by atoms with van der Waals surface area (Å²) in [5.41, 5.74) is 0.887. The van der Waals surface area contributed by atoms with Crippen LogP contribution in [0.3, 0.4) is 0 Å². The Balaban J connectivity index is 1.58. The number of sulfonamides is 1. The predicted molar refractivity (Wildman–Crippen MR) is 111 cm³/mol. The summed E-state index contributed by atoms with van der Waals surface area (Å²) in [5.74, 6) is -1.28. The number of halogens is 4. The minimum atomic E-state index is -4.49. The fourth-order valence-corrected chi connectivity index (χ4v) is 3.66. The van der Waals surface area contributed by atoms with Crippen molar-refractivity contribution >= 4 is 21.6 Å². The van der Waals surface area contributed by atoms with Gasteiger partial charge in [-0.05, 0) is 60.2 Å². The van der Waals surface area contributed by atoms with Crippen molar-refractivity contribution in [1.29, 1.82) is 0 Å². The van der Waals surface area contributed by atoms with Crippen LogP contribution in [0.25, 0.3) is 0 Å². The van der Waals surface area contributed by atoms with Gasteiger partial charge in [-0.15, -0.1) is 0 Å². The van der Waals surface area contributed by atoms with E-state index in [9.17, 15) is 30.8 Å². The van der Waals surface area contributed by atoms with E-state index >= 15 is 0 Å². The lowest BCUT2D eigenvalue weighted by atomic mass is 10.2. The molecule has 0 saturated heterocycles. The van der Waals surface area contributed by atoms with E-state index in [2.05, 4.69) is 19.8 Å². The molecule has 0 spiro atoms.